The third-order valence-electron chi connectivity index (χ3n) is 3.22. The number of rotatable bonds is 3. The van der Waals surface area contributed by atoms with Crippen molar-refractivity contribution < 1.29 is 14.3 Å². The van der Waals surface area contributed by atoms with Crippen LogP contribution in [0.1, 0.15) is 18.4 Å². The molecule has 0 heterocycles. The number of esters is 1. The molecular formula is C15H15ClO3. The van der Waals surface area contributed by atoms with Gasteiger partial charge in [-0.1, -0.05) is 35.9 Å². The summed E-state index contributed by atoms with van der Waals surface area (Å²) in [5.41, 5.74) is 0.903. The number of methoxy groups -OCH3 is 2. The zero-order chi connectivity index (χ0) is 14.0. The molecule has 0 aliphatic carbocycles. The molecule has 0 N–H and O–H groups in total. The maximum absolute atomic E-state index is 11.5. The van der Waals surface area contributed by atoms with E-state index in [1.165, 1.54) is 7.11 Å². The van der Waals surface area contributed by atoms with Gasteiger partial charge in [-0.3, -0.25) is 4.79 Å². The van der Waals surface area contributed by atoms with Gasteiger partial charge in [-0.05, 0) is 23.9 Å². The van der Waals surface area contributed by atoms with Gasteiger partial charge >= 0.3 is 5.97 Å². The van der Waals surface area contributed by atoms with Gasteiger partial charge in [0.1, 0.15) is 5.75 Å². The van der Waals surface area contributed by atoms with Crippen molar-refractivity contribution in [3.8, 4) is 5.75 Å². The fourth-order valence-corrected chi connectivity index (χ4v) is 2.34. The third kappa shape index (κ3) is 2.51. The number of carbonyl (C=O) groups is 1. The first kappa shape index (κ1) is 13.7. The molecule has 3 nitrogen and oxygen atoms in total. The number of halogens is 1. The van der Waals surface area contributed by atoms with Crippen LogP contribution in [0.2, 0.25) is 5.02 Å². The molecule has 0 aliphatic heterocycles. The van der Waals surface area contributed by atoms with Crippen molar-refractivity contribution in [2.24, 2.45) is 0 Å². The Morgan fingerprint density at radius 1 is 1.21 bits per heavy atom. The lowest BCUT2D eigenvalue weighted by atomic mass is 9.98. The molecule has 0 fully saturated rings. The average molecular weight is 279 g/mol. The van der Waals surface area contributed by atoms with Gasteiger partial charge in [0.15, 0.2) is 0 Å². The molecule has 0 aliphatic rings. The Bertz CT molecular complexity index is 622. The van der Waals surface area contributed by atoms with Crippen LogP contribution in [0.5, 0.6) is 5.75 Å². The highest BCUT2D eigenvalue weighted by Gasteiger charge is 2.16. The average Bonchev–Trinajstić information content (AvgIpc) is 2.45. The predicted molar refractivity (Wildman–Crippen MR) is 75.9 cm³/mol. The van der Waals surface area contributed by atoms with E-state index < -0.39 is 0 Å². The quantitative estimate of drug-likeness (QED) is 0.802. The van der Waals surface area contributed by atoms with Crippen LogP contribution in [0.4, 0.5) is 0 Å². The third-order valence-corrected chi connectivity index (χ3v) is 3.61. The molecule has 2 aromatic rings. The highest BCUT2D eigenvalue weighted by molar-refractivity contribution is 6.37. The van der Waals surface area contributed by atoms with Crippen LogP contribution in [0.25, 0.3) is 10.8 Å². The van der Waals surface area contributed by atoms with Crippen molar-refractivity contribution in [3.63, 3.8) is 0 Å². The van der Waals surface area contributed by atoms with Gasteiger partial charge in [0.05, 0.1) is 25.2 Å². The molecule has 0 amide bonds. The Balaban J connectivity index is 2.50. The minimum Gasteiger partial charge on any atom is -0.495 e. The van der Waals surface area contributed by atoms with Gasteiger partial charge in [-0.2, -0.15) is 0 Å². The summed E-state index contributed by atoms with van der Waals surface area (Å²) in [4.78, 5) is 11.5. The van der Waals surface area contributed by atoms with E-state index in [-0.39, 0.29) is 11.9 Å². The van der Waals surface area contributed by atoms with E-state index in [2.05, 4.69) is 0 Å². The van der Waals surface area contributed by atoms with Gasteiger partial charge in [0, 0.05) is 5.39 Å². The van der Waals surface area contributed by atoms with Crippen LogP contribution < -0.4 is 4.74 Å². The normalized spacial score (nSPS) is 12.2. The molecular weight excluding hydrogens is 264 g/mol. The number of hydrogen-bond acceptors (Lipinski definition) is 3. The molecule has 2 rings (SSSR count). The molecule has 2 aromatic carbocycles. The van der Waals surface area contributed by atoms with Crippen LogP contribution in [0.15, 0.2) is 30.3 Å². The summed E-state index contributed by atoms with van der Waals surface area (Å²) in [6, 6.07) is 9.47. The molecule has 4 heteroatoms. The zero-order valence-electron chi connectivity index (χ0n) is 11.1. The molecule has 0 saturated carbocycles. The molecule has 0 aromatic heterocycles. The monoisotopic (exact) mass is 278 g/mol. The van der Waals surface area contributed by atoms with E-state index in [1.54, 1.807) is 7.11 Å². The second kappa shape index (κ2) is 5.49. The summed E-state index contributed by atoms with van der Waals surface area (Å²) in [5.74, 6) is 0.0946. The minimum atomic E-state index is -0.296. The lowest BCUT2D eigenvalue weighted by Crippen LogP contribution is -2.10. The summed E-state index contributed by atoms with van der Waals surface area (Å²) < 4.78 is 9.93. The Labute approximate surface area is 117 Å². The van der Waals surface area contributed by atoms with Crippen LogP contribution >= 0.6 is 11.6 Å². The van der Waals surface area contributed by atoms with E-state index in [0.29, 0.717) is 10.8 Å². The van der Waals surface area contributed by atoms with E-state index >= 15 is 0 Å². The summed E-state index contributed by atoms with van der Waals surface area (Å²) in [6.07, 6.45) is 0. The van der Waals surface area contributed by atoms with Crippen LogP contribution in [-0.4, -0.2) is 20.2 Å². The van der Waals surface area contributed by atoms with E-state index in [4.69, 9.17) is 21.1 Å². The Morgan fingerprint density at radius 2 is 1.95 bits per heavy atom. The first-order valence-corrected chi connectivity index (χ1v) is 6.30. The van der Waals surface area contributed by atoms with Crippen molar-refractivity contribution in [2.45, 2.75) is 12.8 Å². The highest BCUT2D eigenvalue weighted by atomic mass is 35.5. The summed E-state index contributed by atoms with van der Waals surface area (Å²) in [7, 11) is 2.97. The molecule has 0 saturated heterocycles. The van der Waals surface area contributed by atoms with Gasteiger partial charge in [-0.15, -0.1) is 0 Å². The maximum atomic E-state index is 11.5. The van der Waals surface area contributed by atoms with Crippen LogP contribution in [0.3, 0.4) is 0 Å². The van der Waals surface area contributed by atoms with Crippen molar-refractivity contribution in [3.05, 3.63) is 40.9 Å². The fraction of sp³-hybridized carbons (Fsp3) is 0.267. The van der Waals surface area contributed by atoms with Crippen LogP contribution in [-0.2, 0) is 9.53 Å². The standard InChI is InChI=1S/C15H15ClO3/c1-9(15(17)19-3)10-4-6-12-11(8-10)5-7-13(18-2)14(12)16/h4-9H,1-3H3. The topological polar surface area (TPSA) is 35.5 Å². The van der Waals surface area contributed by atoms with Gasteiger partial charge in [0.25, 0.3) is 0 Å². The Morgan fingerprint density at radius 3 is 2.58 bits per heavy atom. The highest BCUT2D eigenvalue weighted by Crippen LogP contribution is 2.34. The lowest BCUT2D eigenvalue weighted by Gasteiger charge is -2.12. The maximum Gasteiger partial charge on any atom is 0.312 e. The molecule has 19 heavy (non-hydrogen) atoms. The Kier molecular flexibility index (Phi) is 3.96. The van der Waals surface area contributed by atoms with E-state index in [0.717, 1.165) is 16.3 Å². The molecule has 100 valence electrons. The van der Waals surface area contributed by atoms with Crippen molar-refractivity contribution in [2.75, 3.05) is 14.2 Å². The smallest absolute Gasteiger partial charge is 0.312 e. The van der Waals surface area contributed by atoms with E-state index in [1.807, 2.05) is 37.3 Å². The SMILES string of the molecule is COC(=O)C(C)c1ccc2c(Cl)c(OC)ccc2c1. The molecule has 0 bridgehead atoms. The minimum absolute atomic E-state index is 0.251. The largest absolute Gasteiger partial charge is 0.495 e. The number of ether oxygens (including phenoxy) is 2. The Hall–Kier alpha value is -1.74. The van der Waals surface area contributed by atoms with Gasteiger partial charge < -0.3 is 9.47 Å². The summed E-state index contributed by atoms with van der Waals surface area (Å²) >= 11 is 6.25. The number of benzene rings is 2. The van der Waals surface area contributed by atoms with E-state index in [9.17, 15) is 4.79 Å². The van der Waals surface area contributed by atoms with Crippen molar-refractivity contribution in [1.82, 2.24) is 0 Å². The first-order chi connectivity index (χ1) is 9.08. The molecule has 0 spiro atoms. The zero-order valence-corrected chi connectivity index (χ0v) is 11.8. The summed E-state index contributed by atoms with van der Waals surface area (Å²) in [5, 5.41) is 2.46. The fourth-order valence-electron chi connectivity index (χ4n) is 2.03. The van der Waals surface area contributed by atoms with Gasteiger partial charge in [-0.25, -0.2) is 0 Å². The summed E-state index contributed by atoms with van der Waals surface area (Å²) in [6.45, 7) is 1.82. The van der Waals surface area contributed by atoms with Crippen molar-refractivity contribution >= 4 is 28.3 Å². The molecule has 1 unspecified atom stereocenters. The molecule has 0 radical (unpaired) electrons. The predicted octanol–water partition coefficient (Wildman–Crippen LogP) is 3.78. The first-order valence-electron chi connectivity index (χ1n) is 5.92. The lowest BCUT2D eigenvalue weighted by molar-refractivity contribution is -0.141. The van der Waals surface area contributed by atoms with Gasteiger partial charge in [0.2, 0.25) is 0 Å². The molecule has 1 atom stereocenters. The number of hydrogen-bond donors (Lipinski definition) is 0. The second-order valence-corrected chi connectivity index (χ2v) is 4.69. The second-order valence-electron chi connectivity index (χ2n) is 4.31. The number of fused-ring (bicyclic) bond motifs is 1. The van der Waals surface area contributed by atoms with Crippen molar-refractivity contribution in [1.29, 1.82) is 0 Å². The van der Waals surface area contributed by atoms with Crippen LogP contribution in [0, 0.1) is 0 Å². The number of carbonyl (C=O) groups excluding carboxylic acids is 1.